The van der Waals surface area contributed by atoms with Gasteiger partial charge in [-0.25, -0.2) is 4.79 Å². The molecule has 2 rings (SSSR count). The van der Waals surface area contributed by atoms with Gasteiger partial charge < -0.3 is 14.8 Å². The summed E-state index contributed by atoms with van der Waals surface area (Å²) in [6, 6.07) is 11.8. The van der Waals surface area contributed by atoms with Crippen LogP contribution in [-0.4, -0.2) is 24.6 Å². The average Bonchev–Trinajstić information content (AvgIpc) is 2.58. The van der Waals surface area contributed by atoms with E-state index in [1.165, 1.54) is 0 Å². The Morgan fingerprint density at radius 2 is 1.84 bits per heavy atom. The summed E-state index contributed by atoms with van der Waals surface area (Å²) >= 11 is 5.91. The fourth-order valence-electron chi connectivity index (χ4n) is 2.16. The van der Waals surface area contributed by atoms with Gasteiger partial charge in [0.05, 0.1) is 6.61 Å². The van der Waals surface area contributed by atoms with Crippen molar-refractivity contribution in [2.75, 3.05) is 11.9 Å². The molecule has 0 aromatic heterocycles. The van der Waals surface area contributed by atoms with Crippen LogP contribution in [0.25, 0.3) is 0 Å². The number of rotatable bonds is 6. The Morgan fingerprint density at radius 3 is 2.44 bits per heavy atom. The van der Waals surface area contributed by atoms with E-state index >= 15 is 0 Å². The lowest BCUT2D eigenvalue weighted by Crippen LogP contribution is -2.26. The van der Waals surface area contributed by atoms with Crippen LogP contribution < -0.4 is 10.1 Å². The molecule has 2 aromatic carbocycles. The quantitative estimate of drug-likeness (QED) is 0.782. The van der Waals surface area contributed by atoms with Crippen molar-refractivity contribution in [3.8, 4) is 5.75 Å². The number of aryl methyl sites for hydroxylation is 1. The second-order valence-electron chi connectivity index (χ2n) is 5.45. The first-order valence-electron chi connectivity index (χ1n) is 7.91. The van der Waals surface area contributed by atoms with E-state index in [1.54, 1.807) is 56.3 Å². The van der Waals surface area contributed by atoms with Crippen LogP contribution in [0.3, 0.4) is 0 Å². The minimum atomic E-state index is -0.712. The van der Waals surface area contributed by atoms with Crippen LogP contribution in [0.5, 0.6) is 5.75 Å². The van der Waals surface area contributed by atoms with Crippen molar-refractivity contribution in [1.82, 2.24) is 0 Å². The zero-order chi connectivity index (χ0) is 18.4. The molecule has 1 atom stereocenters. The highest BCUT2D eigenvalue weighted by Crippen LogP contribution is 2.21. The second kappa shape index (κ2) is 8.53. The molecule has 0 fully saturated rings. The van der Waals surface area contributed by atoms with Crippen LogP contribution in [0.15, 0.2) is 42.5 Å². The maximum absolute atomic E-state index is 12.3. The molecule has 5 nitrogen and oxygen atoms in total. The van der Waals surface area contributed by atoms with E-state index in [1.807, 2.05) is 6.92 Å². The summed E-state index contributed by atoms with van der Waals surface area (Å²) in [5.74, 6) is -0.183. The third-order valence-electron chi connectivity index (χ3n) is 3.48. The molecule has 2 aromatic rings. The van der Waals surface area contributed by atoms with Gasteiger partial charge in [-0.1, -0.05) is 11.6 Å². The molecule has 132 valence electrons. The third-order valence-corrected chi connectivity index (χ3v) is 3.72. The number of hydrogen-bond donors (Lipinski definition) is 1. The van der Waals surface area contributed by atoms with Crippen LogP contribution in [0.2, 0.25) is 5.02 Å². The van der Waals surface area contributed by atoms with Crippen LogP contribution in [0, 0.1) is 6.92 Å². The number of nitrogens with one attached hydrogen (secondary N) is 1. The number of esters is 1. The monoisotopic (exact) mass is 361 g/mol. The first-order valence-corrected chi connectivity index (χ1v) is 8.29. The topological polar surface area (TPSA) is 64.6 Å². The molecule has 0 heterocycles. The van der Waals surface area contributed by atoms with E-state index in [4.69, 9.17) is 21.1 Å². The summed E-state index contributed by atoms with van der Waals surface area (Å²) in [6.45, 7) is 5.52. The number of ether oxygens (including phenoxy) is 2. The Labute approximate surface area is 151 Å². The van der Waals surface area contributed by atoms with Gasteiger partial charge in [-0.2, -0.15) is 0 Å². The molecule has 1 N–H and O–H groups in total. The Kier molecular flexibility index (Phi) is 6.42. The summed E-state index contributed by atoms with van der Waals surface area (Å²) in [7, 11) is 0. The van der Waals surface area contributed by atoms with Gasteiger partial charge >= 0.3 is 5.97 Å². The molecule has 0 saturated heterocycles. The van der Waals surface area contributed by atoms with E-state index in [9.17, 15) is 9.59 Å². The standard InChI is InChI=1S/C19H20ClNO4/c1-4-24-19(23)13(3)25-16-8-5-14(6-9-16)18(22)21-17-10-7-15(20)11-12(17)2/h5-11,13H,4H2,1-3H3,(H,21,22). The van der Waals surface area contributed by atoms with Gasteiger partial charge in [-0.05, 0) is 68.8 Å². The summed E-state index contributed by atoms with van der Waals surface area (Å²) in [6.07, 6.45) is -0.712. The van der Waals surface area contributed by atoms with Crippen molar-refractivity contribution in [3.63, 3.8) is 0 Å². The lowest BCUT2D eigenvalue weighted by atomic mass is 10.1. The van der Waals surface area contributed by atoms with Crippen LogP contribution in [0.4, 0.5) is 5.69 Å². The minimum Gasteiger partial charge on any atom is -0.479 e. The molecule has 0 aliphatic heterocycles. The fraction of sp³-hybridized carbons (Fsp3) is 0.263. The predicted octanol–water partition coefficient (Wildman–Crippen LogP) is 4.23. The first-order chi connectivity index (χ1) is 11.9. The Morgan fingerprint density at radius 1 is 1.16 bits per heavy atom. The van der Waals surface area contributed by atoms with Gasteiger partial charge in [0.15, 0.2) is 6.10 Å². The van der Waals surface area contributed by atoms with E-state index in [-0.39, 0.29) is 5.91 Å². The molecular formula is C19H20ClNO4. The summed E-state index contributed by atoms with van der Waals surface area (Å²) in [4.78, 5) is 23.9. The van der Waals surface area contributed by atoms with Gasteiger partial charge in [-0.3, -0.25) is 4.79 Å². The van der Waals surface area contributed by atoms with E-state index in [2.05, 4.69) is 5.32 Å². The normalized spacial score (nSPS) is 11.5. The number of carbonyl (C=O) groups excluding carboxylic acids is 2. The van der Waals surface area contributed by atoms with Crippen molar-refractivity contribution >= 4 is 29.2 Å². The molecule has 25 heavy (non-hydrogen) atoms. The fourth-order valence-corrected chi connectivity index (χ4v) is 2.39. The molecule has 0 aliphatic rings. The maximum Gasteiger partial charge on any atom is 0.347 e. The first kappa shape index (κ1) is 18.8. The van der Waals surface area contributed by atoms with Crippen molar-refractivity contribution < 1.29 is 19.1 Å². The van der Waals surface area contributed by atoms with Crippen molar-refractivity contribution in [2.45, 2.75) is 26.9 Å². The lowest BCUT2D eigenvalue weighted by Gasteiger charge is -2.13. The third kappa shape index (κ3) is 5.22. The number of anilines is 1. The summed E-state index contributed by atoms with van der Waals surface area (Å²) < 4.78 is 10.4. The zero-order valence-electron chi connectivity index (χ0n) is 14.3. The minimum absolute atomic E-state index is 0.240. The van der Waals surface area contributed by atoms with Crippen molar-refractivity contribution in [2.24, 2.45) is 0 Å². The molecular weight excluding hydrogens is 342 g/mol. The van der Waals surface area contributed by atoms with E-state index < -0.39 is 12.1 Å². The molecule has 0 saturated carbocycles. The predicted molar refractivity (Wildman–Crippen MR) is 97.3 cm³/mol. The highest BCUT2D eigenvalue weighted by Gasteiger charge is 2.16. The number of benzene rings is 2. The van der Waals surface area contributed by atoms with Gasteiger partial charge in [0.1, 0.15) is 5.75 Å². The van der Waals surface area contributed by atoms with Crippen molar-refractivity contribution in [3.05, 3.63) is 58.6 Å². The van der Waals surface area contributed by atoms with Crippen LogP contribution in [0.1, 0.15) is 29.8 Å². The van der Waals surface area contributed by atoms with Crippen LogP contribution in [-0.2, 0) is 9.53 Å². The van der Waals surface area contributed by atoms with Crippen molar-refractivity contribution in [1.29, 1.82) is 0 Å². The number of halogens is 1. The number of amides is 1. The molecule has 0 aliphatic carbocycles. The van der Waals surface area contributed by atoms with E-state index in [0.29, 0.717) is 28.6 Å². The largest absolute Gasteiger partial charge is 0.479 e. The Balaban J connectivity index is 2.01. The molecule has 1 amide bonds. The zero-order valence-corrected chi connectivity index (χ0v) is 15.1. The molecule has 0 spiro atoms. The highest BCUT2D eigenvalue weighted by molar-refractivity contribution is 6.30. The smallest absolute Gasteiger partial charge is 0.347 e. The SMILES string of the molecule is CCOC(=O)C(C)Oc1ccc(C(=O)Nc2ccc(Cl)cc2C)cc1. The Bertz CT molecular complexity index is 759. The summed E-state index contributed by atoms with van der Waals surface area (Å²) in [5.41, 5.74) is 2.06. The Hall–Kier alpha value is -2.53. The lowest BCUT2D eigenvalue weighted by molar-refractivity contribution is -0.150. The number of carbonyl (C=O) groups is 2. The highest BCUT2D eigenvalue weighted by atomic mass is 35.5. The maximum atomic E-state index is 12.3. The van der Waals surface area contributed by atoms with Gasteiger partial charge in [0.2, 0.25) is 0 Å². The van der Waals surface area contributed by atoms with Crippen LogP contribution >= 0.6 is 11.6 Å². The molecule has 0 radical (unpaired) electrons. The van der Waals surface area contributed by atoms with Gasteiger partial charge in [0.25, 0.3) is 5.91 Å². The van der Waals surface area contributed by atoms with Gasteiger partial charge in [0, 0.05) is 16.3 Å². The molecule has 0 bridgehead atoms. The molecule has 1 unspecified atom stereocenters. The van der Waals surface area contributed by atoms with E-state index in [0.717, 1.165) is 5.56 Å². The number of hydrogen-bond acceptors (Lipinski definition) is 4. The summed E-state index contributed by atoms with van der Waals surface area (Å²) in [5, 5.41) is 3.45. The van der Waals surface area contributed by atoms with Gasteiger partial charge in [-0.15, -0.1) is 0 Å². The molecule has 6 heteroatoms. The average molecular weight is 362 g/mol. The second-order valence-corrected chi connectivity index (χ2v) is 5.89.